The highest BCUT2D eigenvalue weighted by atomic mass is 32.1. The molecule has 2 rings (SSSR count). The predicted molar refractivity (Wildman–Crippen MR) is 79.3 cm³/mol. The normalized spacial score (nSPS) is 19.3. The lowest BCUT2D eigenvalue weighted by Crippen LogP contribution is -2.46. The first-order valence-electron chi connectivity index (χ1n) is 6.87. The average molecular weight is 281 g/mol. The molecule has 0 aromatic carbocycles. The molecule has 1 saturated heterocycles. The van der Waals surface area contributed by atoms with E-state index in [2.05, 4.69) is 28.6 Å². The number of thiophene rings is 1. The number of rotatable bonds is 4. The molecule has 0 saturated carbocycles. The van der Waals surface area contributed by atoms with E-state index in [9.17, 15) is 4.79 Å². The first-order valence-corrected chi connectivity index (χ1v) is 7.75. The maximum absolute atomic E-state index is 11.1. The lowest BCUT2D eigenvalue weighted by atomic mass is 10.0. The van der Waals surface area contributed by atoms with Crippen LogP contribution in [0.25, 0.3) is 0 Å². The summed E-state index contributed by atoms with van der Waals surface area (Å²) in [5.41, 5.74) is 7.31. The van der Waals surface area contributed by atoms with E-state index in [0.717, 1.165) is 25.9 Å². The molecule has 0 bridgehead atoms. The molecule has 1 amide bonds. The van der Waals surface area contributed by atoms with Crippen LogP contribution in [0.2, 0.25) is 0 Å². The van der Waals surface area contributed by atoms with Crippen molar-refractivity contribution in [2.24, 2.45) is 5.73 Å². The van der Waals surface area contributed by atoms with Crippen LogP contribution in [0, 0.1) is 6.92 Å². The van der Waals surface area contributed by atoms with Gasteiger partial charge in [-0.15, -0.1) is 11.3 Å². The highest BCUT2D eigenvalue weighted by Gasteiger charge is 2.26. The van der Waals surface area contributed by atoms with Crippen molar-refractivity contribution < 1.29 is 4.79 Å². The van der Waals surface area contributed by atoms with E-state index >= 15 is 0 Å². The third-order valence-corrected chi connectivity index (χ3v) is 4.93. The molecule has 1 unspecified atom stereocenters. The van der Waals surface area contributed by atoms with E-state index in [1.54, 1.807) is 18.3 Å². The number of carbonyl (C=O) groups is 1. The molecule has 4 nitrogen and oxygen atoms in total. The van der Waals surface area contributed by atoms with E-state index in [1.165, 1.54) is 10.4 Å². The molecule has 106 valence electrons. The SMILES string of the molecule is CC(=O)NC1CCN(C(CN)c2sccc2C)CC1. The fourth-order valence-corrected chi connectivity index (χ4v) is 3.87. The number of nitrogens with two attached hydrogens (primary N) is 1. The van der Waals surface area contributed by atoms with Crippen molar-refractivity contribution in [3.8, 4) is 0 Å². The molecule has 1 aliphatic rings. The van der Waals surface area contributed by atoms with E-state index in [4.69, 9.17) is 5.73 Å². The number of nitrogens with zero attached hydrogens (tertiary/aromatic N) is 1. The summed E-state index contributed by atoms with van der Waals surface area (Å²) in [4.78, 5) is 14.9. The van der Waals surface area contributed by atoms with Crippen molar-refractivity contribution in [1.29, 1.82) is 0 Å². The van der Waals surface area contributed by atoms with Gasteiger partial charge in [0.15, 0.2) is 0 Å². The number of hydrogen-bond acceptors (Lipinski definition) is 4. The Hall–Kier alpha value is -0.910. The summed E-state index contributed by atoms with van der Waals surface area (Å²) in [6.45, 7) is 6.41. The van der Waals surface area contributed by atoms with Crippen molar-refractivity contribution in [2.45, 2.75) is 38.8 Å². The van der Waals surface area contributed by atoms with Crippen LogP contribution in [0.3, 0.4) is 0 Å². The number of likely N-dealkylation sites (tertiary alicyclic amines) is 1. The second-order valence-electron chi connectivity index (χ2n) is 5.23. The summed E-state index contributed by atoms with van der Waals surface area (Å²) in [7, 11) is 0. The quantitative estimate of drug-likeness (QED) is 0.882. The van der Waals surface area contributed by atoms with E-state index in [1.807, 2.05) is 0 Å². The Kier molecular flexibility index (Phi) is 4.96. The molecule has 1 atom stereocenters. The maximum Gasteiger partial charge on any atom is 0.217 e. The number of amides is 1. The second kappa shape index (κ2) is 6.50. The lowest BCUT2D eigenvalue weighted by Gasteiger charge is -2.37. The standard InChI is InChI=1S/C14H23N3OS/c1-10-5-8-19-14(10)13(9-15)17-6-3-12(4-7-17)16-11(2)18/h5,8,12-13H,3-4,6-7,9,15H2,1-2H3,(H,16,18). The van der Waals surface area contributed by atoms with Crippen LogP contribution >= 0.6 is 11.3 Å². The third-order valence-electron chi connectivity index (χ3n) is 3.81. The Morgan fingerprint density at radius 1 is 1.58 bits per heavy atom. The summed E-state index contributed by atoms with van der Waals surface area (Å²) in [6, 6.07) is 2.82. The average Bonchev–Trinajstić information content (AvgIpc) is 2.78. The number of nitrogens with one attached hydrogen (secondary N) is 1. The van der Waals surface area contributed by atoms with Crippen LogP contribution in [-0.4, -0.2) is 36.5 Å². The van der Waals surface area contributed by atoms with E-state index < -0.39 is 0 Å². The van der Waals surface area contributed by atoms with Crippen LogP contribution in [0.15, 0.2) is 11.4 Å². The van der Waals surface area contributed by atoms with Gasteiger partial charge in [0.2, 0.25) is 5.91 Å². The first kappa shape index (κ1) is 14.5. The lowest BCUT2D eigenvalue weighted by molar-refractivity contribution is -0.120. The van der Waals surface area contributed by atoms with Gasteiger partial charge < -0.3 is 11.1 Å². The molecule has 1 aromatic heterocycles. The highest BCUT2D eigenvalue weighted by molar-refractivity contribution is 7.10. The zero-order valence-electron chi connectivity index (χ0n) is 11.7. The van der Waals surface area contributed by atoms with Gasteiger partial charge in [-0.2, -0.15) is 0 Å². The second-order valence-corrected chi connectivity index (χ2v) is 6.18. The Balaban J connectivity index is 1.96. The zero-order chi connectivity index (χ0) is 13.8. The number of carbonyl (C=O) groups excluding carboxylic acids is 1. The Labute approximate surface area is 119 Å². The molecule has 0 aliphatic carbocycles. The highest BCUT2D eigenvalue weighted by Crippen LogP contribution is 2.30. The van der Waals surface area contributed by atoms with Crippen molar-refractivity contribution in [3.05, 3.63) is 21.9 Å². The molecule has 3 N–H and O–H groups in total. The van der Waals surface area contributed by atoms with Crippen molar-refractivity contribution in [1.82, 2.24) is 10.2 Å². The number of hydrogen-bond donors (Lipinski definition) is 2. The predicted octanol–water partition coefficient (Wildman–Crippen LogP) is 1.66. The van der Waals surface area contributed by atoms with Crippen LogP contribution in [0.1, 0.15) is 36.2 Å². The van der Waals surface area contributed by atoms with Crippen molar-refractivity contribution in [3.63, 3.8) is 0 Å². The Bertz CT molecular complexity index is 424. The van der Waals surface area contributed by atoms with Gasteiger partial charge in [0, 0.05) is 37.5 Å². The minimum absolute atomic E-state index is 0.0722. The molecule has 1 aliphatic heterocycles. The van der Waals surface area contributed by atoms with Gasteiger partial charge in [-0.1, -0.05) is 0 Å². The summed E-state index contributed by atoms with van der Waals surface area (Å²) >= 11 is 1.80. The molecule has 1 fully saturated rings. The van der Waals surface area contributed by atoms with Gasteiger partial charge in [-0.25, -0.2) is 0 Å². The van der Waals surface area contributed by atoms with Crippen molar-refractivity contribution in [2.75, 3.05) is 19.6 Å². The van der Waals surface area contributed by atoms with Gasteiger partial charge >= 0.3 is 0 Å². The summed E-state index contributed by atoms with van der Waals surface area (Å²) < 4.78 is 0. The van der Waals surface area contributed by atoms with Gasteiger partial charge in [0.05, 0.1) is 6.04 Å². The topological polar surface area (TPSA) is 58.4 Å². The maximum atomic E-state index is 11.1. The Morgan fingerprint density at radius 3 is 2.74 bits per heavy atom. The molecule has 19 heavy (non-hydrogen) atoms. The van der Waals surface area contributed by atoms with E-state index in [-0.39, 0.29) is 5.91 Å². The fourth-order valence-electron chi connectivity index (χ4n) is 2.79. The van der Waals surface area contributed by atoms with Gasteiger partial charge in [-0.3, -0.25) is 9.69 Å². The van der Waals surface area contributed by atoms with Gasteiger partial charge in [0.25, 0.3) is 0 Å². The zero-order valence-corrected chi connectivity index (χ0v) is 12.5. The van der Waals surface area contributed by atoms with Crippen LogP contribution in [0.5, 0.6) is 0 Å². The summed E-state index contributed by atoms with van der Waals surface area (Å²) in [6.07, 6.45) is 2.03. The molecule has 2 heterocycles. The van der Waals surface area contributed by atoms with Crippen LogP contribution < -0.4 is 11.1 Å². The number of aryl methyl sites for hydroxylation is 1. The fraction of sp³-hybridized carbons (Fsp3) is 0.643. The molecular weight excluding hydrogens is 258 g/mol. The minimum atomic E-state index is 0.0722. The van der Waals surface area contributed by atoms with Crippen LogP contribution in [0.4, 0.5) is 0 Å². The molecule has 0 spiro atoms. The minimum Gasteiger partial charge on any atom is -0.354 e. The number of piperidine rings is 1. The smallest absolute Gasteiger partial charge is 0.217 e. The van der Waals surface area contributed by atoms with Gasteiger partial charge in [0.1, 0.15) is 0 Å². The molecule has 0 radical (unpaired) electrons. The molecule has 5 heteroatoms. The van der Waals surface area contributed by atoms with Crippen LogP contribution in [-0.2, 0) is 4.79 Å². The van der Waals surface area contributed by atoms with Gasteiger partial charge in [-0.05, 0) is 36.8 Å². The van der Waals surface area contributed by atoms with E-state index in [0.29, 0.717) is 18.6 Å². The summed E-state index contributed by atoms with van der Waals surface area (Å²) in [5, 5.41) is 5.15. The van der Waals surface area contributed by atoms with Crippen molar-refractivity contribution >= 4 is 17.2 Å². The summed E-state index contributed by atoms with van der Waals surface area (Å²) in [5.74, 6) is 0.0722. The Morgan fingerprint density at radius 2 is 2.26 bits per heavy atom. The third kappa shape index (κ3) is 3.55. The molecular formula is C14H23N3OS. The largest absolute Gasteiger partial charge is 0.354 e. The monoisotopic (exact) mass is 281 g/mol. The molecule has 1 aromatic rings. The first-order chi connectivity index (χ1) is 9.11.